The quantitative estimate of drug-likeness (QED) is 0.743. The van der Waals surface area contributed by atoms with Gasteiger partial charge in [-0.2, -0.15) is 0 Å². The summed E-state index contributed by atoms with van der Waals surface area (Å²) in [5, 5.41) is 0.757. The number of rotatable bonds is 6. The molecule has 1 unspecified atom stereocenters. The molecule has 1 aromatic rings. The zero-order chi connectivity index (χ0) is 13.5. The number of ether oxygens (including phenoxy) is 1. The maximum absolute atomic E-state index is 11.4. The molecule has 0 aliphatic rings. The van der Waals surface area contributed by atoms with E-state index < -0.39 is 0 Å². The minimum absolute atomic E-state index is 0.125. The van der Waals surface area contributed by atoms with Crippen LogP contribution < -0.4 is 0 Å². The molecule has 0 aliphatic heterocycles. The van der Waals surface area contributed by atoms with Crippen molar-refractivity contribution in [3.05, 3.63) is 34.9 Å². The van der Waals surface area contributed by atoms with Gasteiger partial charge in [0.25, 0.3) is 0 Å². The molecule has 3 nitrogen and oxygen atoms in total. The molecule has 0 bridgehead atoms. The van der Waals surface area contributed by atoms with Crippen molar-refractivity contribution in [2.75, 3.05) is 13.7 Å². The van der Waals surface area contributed by atoms with E-state index in [4.69, 9.17) is 16.3 Å². The maximum Gasteiger partial charge on any atom is 0.307 e. The monoisotopic (exact) mass is 269 g/mol. The van der Waals surface area contributed by atoms with E-state index in [2.05, 4.69) is 4.90 Å². The summed E-state index contributed by atoms with van der Waals surface area (Å²) < 4.78 is 4.94. The van der Waals surface area contributed by atoms with Crippen molar-refractivity contribution in [3.8, 4) is 0 Å². The van der Waals surface area contributed by atoms with Gasteiger partial charge in [-0.25, -0.2) is 0 Å². The standard InChI is InChI=1S/C14H20ClNO2/c1-4-18-14(17)9-11(2)16(3)10-12-7-5-6-8-13(12)15/h5-8,11H,4,9-10H2,1-3H3. The van der Waals surface area contributed by atoms with Crippen molar-refractivity contribution >= 4 is 17.6 Å². The molecule has 1 aromatic carbocycles. The smallest absolute Gasteiger partial charge is 0.307 e. The number of hydrogen-bond acceptors (Lipinski definition) is 3. The molecule has 0 saturated heterocycles. The molecule has 0 fully saturated rings. The third kappa shape index (κ3) is 4.67. The SMILES string of the molecule is CCOC(=O)CC(C)N(C)Cc1ccccc1Cl. The van der Waals surface area contributed by atoms with Crippen LogP contribution >= 0.6 is 11.6 Å². The lowest BCUT2D eigenvalue weighted by Gasteiger charge is -2.24. The molecule has 0 N–H and O–H groups in total. The van der Waals surface area contributed by atoms with E-state index in [1.165, 1.54) is 0 Å². The van der Waals surface area contributed by atoms with Gasteiger partial charge in [-0.15, -0.1) is 0 Å². The minimum atomic E-state index is -0.156. The zero-order valence-corrected chi connectivity index (χ0v) is 11.9. The molecule has 18 heavy (non-hydrogen) atoms. The van der Waals surface area contributed by atoms with E-state index in [1.807, 2.05) is 45.2 Å². The van der Waals surface area contributed by atoms with Crippen LogP contribution in [0.1, 0.15) is 25.8 Å². The number of halogens is 1. The van der Waals surface area contributed by atoms with Gasteiger partial charge in [0.2, 0.25) is 0 Å². The van der Waals surface area contributed by atoms with Crippen molar-refractivity contribution in [2.45, 2.75) is 32.9 Å². The van der Waals surface area contributed by atoms with Gasteiger partial charge < -0.3 is 4.74 Å². The fraction of sp³-hybridized carbons (Fsp3) is 0.500. The Morgan fingerprint density at radius 1 is 1.44 bits per heavy atom. The maximum atomic E-state index is 11.4. The van der Waals surface area contributed by atoms with Gasteiger partial charge in [-0.05, 0) is 32.5 Å². The van der Waals surface area contributed by atoms with Crippen LogP contribution in [-0.4, -0.2) is 30.6 Å². The first-order valence-electron chi connectivity index (χ1n) is 6.13. The highest BCUT2D eigenvalue weighted by Crippen LogP contribution is 2.18. The molecule has 0 radical (unpaired) electrons. The molecule has 1 atom stereocenters. The fourth-order valence-electron chi connectivity index (χ4n) is 1.67. The van der Waals surface area contributed by atoms with E-state index >= 15 is 0 Å². The topological polar surface area (TPSA) is 29.5 Å². The summed E-state index contributed by atoms with van der Waals surface area (Å²) in [5.74, 6) is -0.156. The van der Waals surface area contributed by atoms with Crippen LogP contribution in [-0.2, 0) is 16.1 Å². The minimum Gasteiger partial charge on any atom is -0.466 e. The van der Waals surface area contributed by atoms with Gasteiger partial charge in [0, 0.05) is 17.6 Å². The molecule has 100 valence electrons. The summed E-state index contributed by atoms with van der Waals surface area (Å²) in [5.41, 5.74) is 1.07. The first-order chi connectivity index (χ1) is 8.54. The van der Waals surface area contributed by atoms with Crippen LogP contribution in [0.3, 0.4) is 0 Å². The van der Waals surface area contributed by atoms with Gasteiger partial charge in [0.15, 0.2) is 0 Å². The number of carbonyl (C=O) groups is 1. The Labute approximate surface area is 114 Å². The first kappa shape index (κ1) is 15.0. The second-order valence-corrected chi connectivity index (χ2v) is 4.77. The highest BCUT2D eigenvalue weighted by Gasteiger charge is 2.15. The summed E-state index contributed by atoms with van der Waals surface area (Å²) in [6.07, 6.45) is 0.398. The second-order valence-electron chi connectivity index (χ2n) is 4.36. The summed E-state index contributed by atoms with van der Waals surface area (Å²) in [6.45, 7) is 4.98. The highest BCUT2D eigenvalue weighted by atomic mass is 35.5. The average Bonchev–Trinajstić information content (AvgIpc) is 2.32. The Hall–Kier alpha value is -1.06. The van der Waals surface area contributed by atoms with Crippen molar-refractivity contribution < 1.29 is 9.53 Å². The van der Waals surface area contributed by atoms with Crippen LogP contribution in [0.4, 0.5) is 0 Å². The molecular weight excluding hydrogens is 250 g/mol. The first-order valence-corrected chi connectivity index (χ1v) is 6.51. The lowest BCUT2D eigenvalue weighted by molar-refractivity contribution is -0.144. The molecular formula is C14H20ClNO2. The highest BCUT2D eigenvalue weighted by molar-refractivity contribution is 6.31. The Kier molecular flexibility index (Phi) is 6.16. The second kappa shape index (κ2) is 7.39. The third-order valence-corrected chi connectivity index (χ3v) is 3.27. The lowest BCUT2D eigenvalue weighted by atomic mass is 10.1. The van der Waals surface area contributed by atoms with E-state index in [0.717, 1.165) is 17.1 Å². The van der Waals surface area contributed by atoms with Crippen LogP contribution in [0.5, 0.6) is 0 Å². The van der Waals surface area contributed by atoms with Crippen molar-refractivity contribution in [2.24, 2.45) is 0 Å². The Morgan fingerprint density at radius 2 is 2.11 bits per heavy atom. The summed E-state index contributed by atoms with van der Waals surface area (Å²) in [6, 6.07) is 7.87. The molecule has 4 heteroatoms. The third-order valence-electron chi connectivity index (χ3n) is 2.90. The number of esters is 1. The Balaban J connectivity index is 2.52. The van der Waals surface area contributed by atoms with Crippen molar-refractivity contribution in [3.63, 3.8) is 0 Å². The van der Waals surface area contributed by atoms with Gasteiger partial charge >= 0.3 is 5.97 Å². The van der Waals surface area contributed by atoms with E-state index in [-0.39, 0.29) is 12.0 Å². The fourth-order valence-corrected chi connectivity index (χ4v) is 1.86. The van der Waals surface area contributed by atoms with Crippen LogP contribution in [0.15, 0.2) is 24.3 Å². The van der Waals surface area contributed by atoms with Gasteiger partial charge in [-0.1, -0.05) is 29.8 Å². The molecule has 0 aromatic heterocycles. The molecule has 0 aliphatic carbocycles. The van der Waals surface area contributed by atoms with Crippen LogP contribution in [0, 0.1) is 0 Å². The van der Waals surface area contributed by atoms with Crippen molar-refractivity contribution in [1.29, 1.82) is 0 Å². The zero-order valence-electron chi connectivity index (χ0n) is 11.1. The number of nitrogens with zero attached hydrogens (tertiary/aromatic N) is 1. The predicted molar refractivity (Wildman–Crippen MR) is 73.6 cm³/mol. The van der Waals surface area contributed by atoms with E-state index in [1.54, 1.807) is 0 Å². The van der Waals surface area contributed by atoms with E-state index in [0.29, 0.717) is 13.0 Å². The normalized spacial score (nSPS) is 12.5. The molecule has 0 saturated carbocycles. The molecule has 0 heterocycles. The molecule has 0 spiro atoms. The number of carbonyl (C=O) groups excluding carboxylic acids is 1. The lowest BCUT2D eigenvalue weighted by Crippen LogP contribution is -2.31. The summed E-state index contributed by atoms with van der Waals surface area (Å²) in [7, 11) is 1.98. The van der Waals surface area contributed by atoms with E-state index in [9.17, 15) is 4.79 Å². The number of hydrogen-bond donors (Lipinski definition) is 0. The predicted octanol–water partition coefficient (Wildman–Crippen LogP) is 3.11. The average molecular weight is 270 g/mol. The Bertz CT molecular complexity index is 395. The largest absolute Gasteiger partial charge is 0.466 e. The molecule has 0 amide bonds. The summed E-state index contributed by atoms with van der Waals surface area (Å²) >= 11 is 6.11. The van der Waals surface area contributed by atoms with Gasteiger partial charge in [0.05, 0.1) is 13.0 Å². The van der Waals surface area contributed by atoms with Gasteiger partial charge in [0.1, 0.15) is 0 Å². The van der Waals surface area contributed by atoms with Gasteiger partial charge in [-0.3, -0.25) is 9.69 Å². The van der Waals surface area contributed by atoms with Crippen LogP contribution in [0.25, 0.3) is 0 Å². The molecule has 1 rings (SSSR count). The summed E-state index contributed by atoms with van der Waals surface area (Å²) in [4.78, 5) is 13.5. The van der Waals surface area contributed by atoms with Crippen LogP contribution in [0.2, 0.25) is 5.02 Å². The van der Waals surface area contributed by atoms with Crippen molar-refractivity contribution in [1.82, 2.24) is 4.90 Å². The number of benzene rings is 1. The Morgan fingerprint density at radius 3 is 2.72 bits per heavy atom.